The molecule has 0 radical (unpaired) electrons. The zero-order valence-corrected chi connectivity index (χ0v) is 12.2. The van der Waals surface area contributed by atoms with E-state index in [-0.39, 0.29) is 5.78 Å². The molecule has 0 bridgehead atoms. The second kappa shape index (κ2) is 9.64. The Labute approximate surface area is 107 Å². The topological polar surface area (TPSA) is 26.3 Å². The standard InChI is InChI=1S/C15H30O2/c1-5-8-9-10-11-12-13-14(16)15(4,6-2)17-7-3/h5-13H2,1-4H3. The van der Waals surface area contributed by atoms with Gasteiger partial charge in [0.1, 0.15) is 5.60 Å². The van der Waals surface area contributed by atoms with E-state index in [9.17, 15) is 4.79 Å². The highest BCUT2D eigenvalue weighted by Crippen LogP contribution is 2.20. The molecule has 1 atom stereocenters. The Morgan fingerprint density at radius 1 is 1.00 bits per heavy atom. The van der Waals surface area contributed by atoms with E-state index in [1.165, 1.54) is 32.1 Å². The number of ether oxygens (including phenoxy) is 1. The average Bonchev–Trinajstić information content (AvgIpc) is 2.33. The van der Waals surface area contributed by atoms with Crippen LogP contribution in [0.3, 0.4) is 0 Å². The molecule has 102 valence electrons. The van der Waals surface area contributed by atoms with E-state index in [4.69, 9.17) is 4.74 Å². The van der Waals surface area contributed by atoms with Crippen LogP contribution in [0.1, 0.15) is 79.1 Å². The minimum absolute atomic E-state index is 0.275. The van der Waals surface area contributed by atoms with E-state index in [0.29, 0.717) is 13.0 Å². The second-order valence-corrected chi connectivity index (χ2v) is 4.96. The molecule has 2 heteroatoms. The van der Waals surface area contributed by atoms with Gasteiger partial charge in [-0.05, 0) is 26.7 Å². The molecule has 17 heavy (non-hydrogen) atoms. The third-order valence-electron chi connectivity index (χ3n) is 3.48. The maximum Gasteiger partial charge on any atom is 0.164 e. The Bertz CT molecular complexity index is 201. The Hall–Kier alpha value is -0.370. The van der Waals surface area contributed by atoms with Gasteiger partial charge in [0, 0.05) is 13.0 Å². The monoisotopic (exact) mass is 242 g/mol. The van der Waals surface area contributed by atoms with Crippen LogP contribution < -0.4 is 0 Å². The van der Waals surface area contributed by atoms with Crippen molar-refractivity contribution in [1.29, 1.82) is 0 Å². The molecule has 0 aromatic carbocycles. The van der Waals surface area contributed by atoms with Gasteiger partial charge in [-0.15, -0.1) is 0 Å². The zero-order chi connectivity index (χ0) is 13.1. The molecule has 0 N–H and O–H groups in total. The fourth-order valence-electron chi connectivity index (χ4n) is 2.03. The van der Waals surface area contributed by atoms with Crippen molar-refractivity contribution in [3.8, 4) is 0 Å². The van der Waals surface area contributed by atoms with E-state index in [0.717, 1.165) is 12.8 Å². The lowest BCUT2D eigenvalue weighted by Crippen LogP contribution is -2.37. The highest BCUT2D eigenvalue weighted by molar-refractivity contribution is 5.86. The molecule has 2 nitrogen and oxygen atoms in total. The van der Waals surface area contributed by atoms with Gasteiger partial charge < -0.3 is 4.74 Å². The van der Waals surface area contributed by atoms with Crippen molar-refractivity contribution in [2.45, 2.75) is 84.7 Å². The SMILES string of the molecule is CCCCCCCCC(=O)C(C)(CC)OCC. The highest BCUT2D eigenvalue weighted by Gasteiger charge is 2.30. The lowest BCUT2D eigenvalue weighted by molar-refractivity contribution is -0.142. The number of ketones is 1. The van der Waals surface area contributed by atoms with E-state index >= 15 is 0 Å². The summed E-state index contributed by atoms with van der Waals surface area (Å²) < 4.78 is 5.59. The van der Waals surface area contributed by atoms with Gasteiger partial charge in [-0.1, -0.05) is 46.0 Å². The number of carbonyl (C=O) groups is 1. The zero-order valence-electron chi connectivity index (χ0n) is 12.2. The number of carbonyl (C=O) groups excluding carboxylic acids is 1. The lowest BCUT2D eigenvalue weighted by Gasteiger charge is -2.26. The minimum atomic E-state index is -0.543. The van der Waals surface area contributed by atoms with Crippen molar-refractivity contribution in [3.05, 3.63) is 0 Å². The normalized spacial score (nSPS) is 14.6. The summed E-state index contributed by atoms with van der Waals surface area (Å²) in [5, 5.41) is 0. The summed E-state index contributed by atoms with van der Waals surface area (Å²) in [6.07, 6.45) is 8.81. The van der Waals surface area contributed by atoms with Crippen LogP contribution in [0.5, 0.6) is 0 Å². The molecule has 0 spiro atoms. The molecular weight excluding hydrogens is 212 g/mol. The molecule has 0 saturated heterocycles. The minimum Gasteiger partial charge on any atom is -0.368 e. The number of unbranched alkanes of at least 4 members (excludes halogenated alkanes) is 5. The third kappa shape index (κ3) is 6.82. The molecular formula is C15H30O2. The molecule has 0 saturated carbocycles. The lowest BCUT2D eigenvalue weighted by atomic mass is 9.93. The maximum absolute atomic E-state index is 12.0. The van der Waals surface area contributed by atoms with Crippen molar-refractivity contribution < 1.29 is 9.53 Å². The third-order valence-corrected chi connectivity index (χ3v) is 3.48. The van der Waals surface area contributed by atoms with Gasteiger partial charge >= 0.3 is 0 Å². The summed E-state index contributed by atoms with van der Waals surface area (Å²) in [5.41, 5.74) is -0.543. The predicted octanol–water partition coefficient (Wildman–Crippen LogP) is 4.51. The first-order chi connectivity index (χ1) is 8.10. The molecule has 0 aromatic heterocycles. The van der Waals surface area contributed by atoms with Crippen LogP contribution in [0, 0.1) is 0 Å². The van der Waals surface area contributed by atoms with E-state index in [2.05, 4.69) is 6.92 Å². The van der Waals surface area contributed by atoms with Crippen molar-refractivity contribution in [2.75, 3.05) is 6.61 Å². The van der Waals surface area contributed by atoms with Crippen LogP contribution in [-0.2, 0) is 9.53 Å². The summed E-state index contributed by atoms with van der Waals surface area (Å²) in [7, 11) is 0. The molecule has 0 aliphatic carbocycles. The summed E-state index contributed by atoms with van der Waals surface area (Å²) in [4.78, 5) is 12.0. The molecule has 0 amide bonds. The average molecular weight is 242 g/mol. The molecule has 0 heterocycles. The Morgan fingerprint density at radius 2 is 1.59 bits per heavy atom. The van der Waals surface area contributed by atoms with Crippen molar-refractivity contribution in [1.82, 2.24) is 0 Å². The molecule has 0 aliphatic heterocycles. The molecule has 0 fully saturated rings. The van der Waals surface area contributed by atoms with Crippen molar-refractivity contribution in [2.24, 2.45) is 0 Å². The quantitative estimate of drug-likeness (QED) is 0.498. The molecule has 0 rings (SSSR count). The number of Topliss-reactive ketones (excluding diaryl/α,β-unsaturated/α-hetero) is 1. The van der Waals surface area contributed by atoms with Gasteiger partial charge in [-0.3, -0.25) is 4.79 Å². The summed E-state index contributed by atoms with van der Waals surface area (Å²) in [6.45, 7) is 8.74. The molecule has 0 aromatic rings. The van der Waals surface area contributed by atoms with E-state index < -0.39 is 5.60 Å². The Balaban J connectivity index is 3.76. The summed E-state index contributed by atoms with van der Waals surface area (Å²) in [6, 6.07) is 0. The van der Waals surface area contributed by atoms with Gasteiger partial charge in [-0.2, -0.15) is 0 Å². The predicted molar refractivity (Wildman–Crippen MR) is 73.3 cm³/mol. The van der Waals surface area contributed by atoms with Gasteiger partial charge in [0.15, 0.2) is 5.78 Å². The largest absolute Gasteiger partial charge is 0.368 e. The van der Waals surface area contributed by atoms with E-state index in [1.54, 1.807) is 0 Å². The molecule has 0 aliphatic rings. The maximum atomic E-state index is 12.0. The number of hydrogen-bond donors (Lipinski definition) is 0. The van der Waals surface area contributed by atoms with Gasteiger partial charge in [0.25, 0.3) is 0 Å². The Kier molecular flexibility index (Phi) is 9.43. The number of rotatable bonds is 11. The summed E-state index contributed by atoms with van der Waals surface area (Å²) in [5.74, 6) is 0.275. The fourth-order valence-corrected chi connectivity index (χ4v) is 2.03. The second-order valence-electron chi connectivity index (χ2n) is 4.96. The fraction of sp³-hybridized carbons (Fsp3) is 0.933. The molecule has 1 unspecified atom stereocenters. The first-order valence-electron chi connectivity index (χ1n) is 7.28. The highest BCUT2D eigenvalue weighted by atomic mass is 16.5. The van der Waals surface area contributed by atoms with Gasteiger partial charge in [-0.25, -0.2) is 0 Å². The first-order valence-corrected chi connectivity index (χ1v) is 7.28. The van der Waals surface area contributed by atoms with Crippen LogP contribution in [-0.4, -0.2) is 18.0 Å². The van der Waals surface area contributed by atoms with Gasteiger partial charge in [0.2, 0.25) is 0 Å². The van der Waals surface area contributed by atoms with Crippen LogP contribution in [0.15, 0.2) is 0 Å². The first kappa shape index (κ1) is 16.6. The Morgan fingerprint density at radius 3 is 2.12 bits per heavy atom. The summed E-state index contributed by atoms with van der Waals surface area (Å²) >= 11 is 0. The van der Waals surface area contributed by atoms with E-state index in [1.807, 2.05) is 20.8 Å². The van der Waals surface area contributed by atoms with Crippen LogP contribution in [0.4, 0.5) is 0 Å². The van der Waals surface area contributed by atoms with Crippen LogP contribution in [0.2, 0.25) is 0 Å². The van der Waals surface area contributed by atoms with Crippen molar-refractivity contribution >= 4 is 5.78 Å². The van der Waals surface area contributed by atoms with Crippen LogP contribution in [0.25, 0.3) is 0 Å². The van der Waals surface area contributed by atoms with Crippen LogP contribution >= 0.6 is 0 Å². The van der Waals surface area contributed by atoms with Gasteiger partial charge in [0.05, 0.1) is 0 Å². The smallest absolute Gasteiger partial charge is 0.164 e. The number of hydrogen-bond acceptors (Lipinski definition) is 2. The van der Waals surface area contributed by atoms with Crippen molar-refractivity contribution in [3.63, 3.8) is 0 Å².